The molecule has 4 nitrogen and oxygen atoms in total. The number of rotatable bonds is 6. The molecule has 1 amide bonds. The number of aryl methyl sites for hydroxylation is 2. The summed E-state index contributed by atoms with van der Waals surface area (Å²) in [7, 11) is 1.70. The fourth-order valence-electron chi connectivity index (χ4n) is 3.15. The number of nitrogens with zero attached hydrogens (tertiary/aromatic N) is 1. The lowest BCUT2D eigenvalue weighted by Gasteiger charge is -2.33. The third kappa shape index (κ3) is 3.44. The molecule has 1 aromatic rings. The van der Waals surface area contributed by atoms with Gasteiger partial charge in [0.2, 0.25) is 5.91 Å². The minimum atomic E-state index is -0.0372. The predicted octanol–water partition coefficient (Wildman–Crippen LogP) is 2.55. The van der Waals surface area contributed by atoms with Crippen LogP contribution in [0.25, 0.3) is 0 Å². The van der Waals surface area contributed by atoms with Gasteiger partial charge < -0.3 is 9.64 Å². The van der Waals surface area contributed by atoms with Crippen LogP contribution in [0.2, 0.25) is 0 Å². The van der Waals surface area contributed by atoms with Crippen LogP contribution in [0, 0.1) is 13.8 Å². The summed E-state index contributed by atoms with van der Waals surface area (Å²) in [6.07, 6.45) is 1.96. The minimum Gasteiger partial charge on any atom is -0.383 e. The van der Waals surface area contributed by atoms with Crippen molar-refractivity contribution in [2.45, 2.75) is 45.8 Å². The van der Waals surface area contributed by atoms with E-state index in [-0.39, 0.29) is 18.1 Å². The summed E-state index contributed by atoms with van der Waals surface area (Å²) in [5.74, 6) is 0.162. The summed E-state index contributed by atoms with van der Waals surface area (Å²) in [5, 5.41) is 3.35. The second kappa shape index (κ2) is 7.05. The van der Waals surface area contributed by atoms with Crippen LogP contribution < -0.4 is 5.32 Å². The summed E-state index contributed by atoms with van der Waals surface area (Å²) in [6.45, 7) is 7.33. The molecule has 1 N–H and O–H groups in total. The molecule has 2 rings (SSSR count). The highest BCUT2D eigenvalue weighted by atomic mass is 16.5. The average Bonchev–Trinajstić information content (AvgIpc) is 2.80. The normalized spacial score (nSPS) is 20.1. The van der Waals surface area contributed by atoms with Gasteiger partial charge in [0.05, 0.1) is 19.2 Å². The lowest BCUT2D eigenvalue weighted by molar-refractivity contribution is -0.131. The monoisotopic (exact) mass is 290 g/mol. The highest BCUT2D eigenvalue weighted by Crippen LogP contribution is 2.29. The van der Waals surface area contributed by atoms with Gasteiger partial charge in [0.25, 0.3) is 0 Å². The summed E-state index contributed by atoms with van der Waals surface area (Å²) in [5.41, 5.74) is 3.65. The molecule has 0 radical (unpaired) electrons. The molecular weight excluding hydrogens is 264 g/mol. The zero-order chi connectivity index (χ0) is 15.4. The van der Waals surface area contributed by atoms with Gasteiger partial charge in [0.1, 0.15) is 6.17 Å². The van der Waals surface area contributed by atoms with E-state index < -0.39 is 0 Å². The number of nitrogens with one attached hydrogen (secondary N) is 1. The molecule has 1 aromatic carbocycles. The van der Waals surface area contributed by atoms with Crippen molar-refractivity contribution in [1.82, 2.24) is 10.2 Å². The van der Waals surface area contributed by atoms with Crippen molar-refractivity contribution in [2.75, 3.05) is 20.3 Å². The Hall–Kier alpha value is -1.39. The molecule has 1 heterocycles. The molecule has 1 aliphatic rings. The van der Waals surface area contributed by atoms with Crippen LogP contribution in [-0.4, -0.2) is 37.1 Å². The first-order valence-corrected chi connectivity index (χ1v) is 7.69. The number of hydrogen-bond acceptors (Lipinski definition) is 3. The minimum absolute atomic E-state index is 0.0372. The maximum Gasteiger partial charge on any atom is 0.238 e. The second-order valence-corrected chi connectivity index (χ2v) is 5.84. The van der Waals surface area contributed by atoms with E-state index in [0.29, 0.717) is 13.2 Å². The lowest BCUT2D eigenvalue weighted by atomic mass is 10.0. The molecule has 2 unspecified atom stereocenters. The molecule has 116 valence electrons. The van der Waals surface area contributed by atoms with Crippen molar-refractivity contribution < 1.29 is 9.53 Å². The molecule has 0 aromatic heterocycles. The van der Waals surface area contributed by atoms with E-state index in [1.165, 1.54) is 16.7 Å². The van der Waals surface area contributed by atoms with E-state index in [1.54, 1.807) is 7.11 Å². The van der Waals surface area contributed by atoms with Crippen LogP contribution in [-0.2, 0) is 9.53 Å². The molecule has 1 saturated heterocycles. The highest BCUT2D eigenvalue weighted by Gasteiger charge is 2.36. The zero-order valence-corrected chi connectivity index (χ0v) is 13.5. The third-order valence-corrected chi connectivity index (χ3v) is 4.11. The predicted molar refractivity (Wildman–Crippen MR) is 84.1 cm³/mol. The maximum absolute atomic E-state index is 12.3. The van der Waals surface area contributed by atoms with Crippen molar-refractivity contribution in [3.63, 3.8) is 0 Å². The van der Waals surface area contributed by atoms with Crippen molar-refractivity contribution in [3.8, 4) is 0 Å². The molecule has 21 heavy (non-hydrogen) atoms. The topological polar surface area (TPSA) is 41.6 Å². The van der Waals surface area contributed by atoms with Crippen LogP contribution in [0.4, 0.5) is 0 Å². The quantitative estimate of drug-likeness (QED) is 0.875. The Morgan fingerprint density at radius 2 is 2.19 bits per heavy atom. The van der Waals surface area contributed by atoms with Crippen molar-refractivity contribution in [1.29, 1.82) is 0 Å². The molecule has 4 heteroatoms. The fourth-order valence-corrected chi connectivity index (χ4v) is 3.15. The van der Waals surface area contributed by atoms with Gasteiger partial charge in [-0.1, -0.05) is 37.1 Å². The largest absolute Gasteiger partial charge is 0.383 e. The Morgan fingerprint density at radius 3 is 2.81 bits per heavy atom. The van der Waals surface area contributed by atoms with E-state index in [1.807, 2.05) is 4.90 Å². The number of hydrogen-bond donors (Lipinski definition) is 1. The van der Waals surface area contributed by atoms with Crippen LogP contribution in [0.1, 0.15) is 42.6 Å². The Kier molecular flexibility index (Phi) is 5.37. The first-order chi connectivity index (χ1) is 10.1. The van der Waals surface area contributed by atoms with Gasteiger partial charge in [-0.25, -0.2) is 0 Å². The molecule has 2 atom stereocenters. The molecular formula is C17H26N2O2. The van der Waals surface area contributed by atoms with Crippen LogP contribution in [0.15, 0.2) is 18.2 Å². The summed E-state index contributed by atoms with van der Waals surface area (Å²) in [6, 6.07) is 6.54. The first-order valence-electron chi connectivity index (χ1n) is 7.69. The summed E-state index contributed by atoms with van der Waals surface area (Å²) < 4.78 is 5.33. The molecule has 1 aliphatic heterocycles. The lowest BCUT2D eigenvalue weighted by Crippen LogP contribution is -2.42. The Labute approximate surface area is 127 Å². The molecule has 1 fully saturated rings. The number of methoxy groups -OCH3 is 1. The van der Waals surface area contributed by atoms with Gasteiger partial charge in [-0.2, -0.15) is 0 Å². The smallest absolute Gasteiger partial charge is 0.238 e. The Balaban J connectivity index is 2.30. The van der Waals surface area contributed by atoms with E-state index >= 15 is 0 Å². The van der Waals surface area contributed by atoms with Gasteiger partial charge in [-0.3, -0.25) is 10.1 Å². The number of ether oxygens (including phenoxy) is 1. The Bertz CT molecular complexity index is 496. The van der Waals surface area contributed by atoms with Crippen LogP contribution in [0.5, 0.6) is 0 Å². The number of benzene rings is 1. The number of amides is 1. The van der Waals surface area contributed by atoms with E-state index in [9.17, 15) is 4.79 Å². The number of carbonyl (C=O) groups is 1. The SMILES string of the molecule is CCCC(COC)N1C(=O)CNC1c1ccc(C)cc1C. The molecule has 0 saturated carbocycles. The summed E-state index contributed by atoms with van der Waals surface area (Å²) >= 11 is 0. The number of carbonyl (C=O) groups excluding carboxylic acids is 1. The van der Waals surface area contributed by atoms with Crippen LogP contribution in [0.3, 0.4) is 0 Å². The fraction of sp³-hybridized carbons (Fsp3) is 0.588. The zero-order valence-electron chi connectivity index (χ0n) is 13.5. The van der Waals surface area contributed by atoms with Gasteiger partial charge in [-0.15, -0.1) is 0 Å². The molecule has 0 aliphatic carbocycles. The van der Waals surface area contributed by atoms with Crippen molar-refractivity contribution in [2.24, 2.45) is 0 Å². The average molecular weight is 290 g/mol. The van der Waals surface area contributed by atoms with E-state index in [4.69, 9.17) is 4.74 Å². The van der Waals surface area contributed by atoms with Gasteiger partial charge in [-0.05, 0) is 31.4 Å². The third-order valence-electron chi connectivity index (χ3n) is 4.11. The standard InChI is InChI=1S/C17H26N2O2/c1-5-6-14(11-21-4)19-16(20)10-18-17(19)15-8-7-12(2)9-13(15)3/h7-9,14,17-18H,5-6,10-11H2,1-4H3. The van der Waals surface area contributed by atoms with Crippen LogP contribution >= 0.6 is 0 Å². The second-order valence-electron chi connectivity index (χ2n) is 5.84. The van der Waals surface area contributed by atoms with E-state index in [2.05, 4.69) is 44.3 Å². The van der Waals surface area contributed by atoms with Gasteiger partial charge in [0.15, 0.2) is 0 Å². The Morgan fingerprint density at radius 1 is 1.43 bits per heavy atom. The molecule has 0 bridgehead atoms. The van der Waals surface area contributed by atoms with Gasteiger partial charge in [0, 0.05) is 7.11 Å². The van der Waals surface area contributed by atoms with Crippen molar-refractivity contribution >= 4 is 5.91 Å². The maximum atomic E-state index is 12.3. The summed E-state index contributed by atoms with van der Waals surface area (Å²) in [4.78, 5) is 14.3. The first kappa shape index (κ1) is 16.0. The molecule has 0 spiro atoms. The highest BCUT2D eigenvalue weighted by molar-refractivity contribution is 5.81. The van der Waals surface area contributed by atoms with Gasteiger partial charge >= 0.3 is 0 Å². The van der Waals surface area contributed by atoms with E-state index in [0.717, 1.165) is 12.8 Å². The van der Waals surface area contributed by atoms with Crippen molar-refractivity contribution in [3.05, 3.63) is 34.9 Å².